The second-order valence-electron chi connectivity index (χ2n) is 9.09. The van der Waals surface area contributed by atoms with Gasteiger partial charge in [-0.2, -0.15) is 0 Å². The van der Waals surface area contributed by atoms with E-state index in [9.17, 15) is 9.59 Å². The number of nitrogens with zero attached hydrogens (tertiary/aromatic N) is 6. The topological polar surface area (TPSA) is 91.7 Å². The molecule has 6 rings (SSSR count). The first-order valence-electron chi connectivity index (χ1n) is 11.8. The van der Waals surface area contributed by atoms with Crippen LogP contribution in [0.4, 0.5) is 0 Å². The molecule has 0 fully saturated rings. The maximum atomic E-state index is 12.5. The minimum Gasteiger partial charge on any atom is -0.355 e. The number of aromatic nitrogens is 6. The summed E-state index contributed by atoms with van der Waals surface area (Å²) in [4.78, 5) is 33.8. The van der Waals surface area contributed by atoms with Crippen molar-refractivity contribution in [1.82, 2.24) is 33.6 Å². The summed E-state index contributed by atoms with van der Waals surface area (Å²) < 4.78 is 7.34. The summed E-state index contributed by atoms with van der Waals surface area (Å²) in [6.45, 7) is 0. The number of hydrogen-bond donors (Lipinski definition) is 1. The van der Waals surface area contributed by atoms with Crippen molar-refractivity contribution in [3.63, 3.8) is 0 Å². The zero-order valence-corrected chi connectivity index (χ0v) is 20.9. The summed E-state index contributed by atoms with van der Waals surface area (Å²) in [5, 5.41) is 2.65. The van der Waals surface area contributed by atoms with E-state index in [2.05, 4.69) is 33.1 Å². The number of benzene rings is 3. The highest BCUT2D eigenvalue weighted by atomic mass is 16.2. The zero-order chi connectivity index (χ0) is 25.8. The van der Waals surface area contributed by atoms with E-state index >= 15 is 0 Å². The number of hydrogen-bond acceptors (Lipinski definition) is 4. The number of carbonyl (C=O) groups excluding carboxylic acids is 1. The quantitative estimate of drug-likeness (QED) is 0.408. The Morgan fingerprint density at radius 2 is 1.54 bits per heavy atom. The van der Waals surface area contributed by atoms with Crippen LogP contribution < -0.4 is 11.0 Å². The molecule has 0 spiro atoms. The molecule has 184 valence electrons. The zero-order valence-electron chi connectivity index (χ0n) is 20.9. The van der Waals surface area contributed by atoms with Crippen molar-refractivity contribution in [2.45, 2.75) is 0 Å². The van der Waals surface area contributed by atoms with Gasteiger partial charge in [-0.05, 0) is 53.6 Å². The van der Waals surface area contributed by atoms with Crippen molar-refractivity contribution in [3.8, 4) is 28.3 Å². The van der Waals surface area contributed by atoms with E-state index in [-0.39, 0.29) is 11.6 Å². The molecule has 0 saturated carbocycles. The van der Waals surface area contributed by atoms with Crippen molar-refractivity contribution >= 4 is 28.0 Å². The predicted octanol–water partition coefficient (Wildman–Crippen LogP) is 3.64. The Kier molecular flexibility index (Phi) is 5.08. The number of amides is 1. The van der Waals surface area contributed by atoms with Crippen LogP contribution in [0.25, 0.3) is 50.4 Å². The van der Waals surface area contributed by atoms with Crippen molar-refractivity contribution < 1.29 is 4.79 Å². The second kappa shape index (κ2) is 8.34. The maximum Gasteiger partial charge on any atom is 0.328 e. The monoisotopic (exact) mass is 491 g/mol. The Balaban J connectivity index is 1.55. The Hall–Kier alpha value is -4.92. The summed E-state index contributed by atoms with van der Waals surface area (Å²) in [6.07, 6.45) is 3.55. The molecule has 9 nitrogen and oxygen atoms in total. The fourth-order valence-corrected chi connectivity index (χ4v) is 4.86. The Morgan fingerprint density at radius 1 is 0.838 bits per heavy atom. The van der Waals surface area contributed by atoms with Crippen LogP contribution in [-0.2, 0) is 21.1 Å². The first-order chi connectivity index (χ1) is 17.9. The van der Waals surface area contributed by atoms with Crippen LogP contribution in [0.2, 0.25) is 0 Å². The molecule has 1 N–H and O–H groups in total. The van der Waals surface area contributed by atoms with Crippen LogP contribution in [0, 0.1) is 0 Å². The number of fused-ring (bicyclic) bond motifs is 2. The van der Waals surface area contributed by atoms with Crippen LogP contribution in [0.5, 0.6) is 0 Å². The van der Waals surface area contributed by atoms with E-state index in [0.29, 0.717) is 5.56 Å². The molecule has 0 aliphatic carbocycles. The van der Waals surface area contributed by atoms with Gasteiger partial charge >= 0.3 is 5.69 Å². The molecule has 3 aromatic heterocycles. The fourth-order valence-electron chi connectivity index (χ4n) is 4.86. The molecular weight excluding hydrogens is 466 g/mol. The molecule has 0 atom stereocenters. The SMILES string of the molecule is CNC(=O)c1ccc(-c2ccc3c(c2)nc(-c2cncn2C)n3-c2ccc3c(c2)n(C)c(=O)n3C)cc1. The summed E-state index contributed by atoms with van der Waals surface area (Å²) >= 11 is 0. The lowest BCUT2D eigenvalue weighted by Crippen LogP contribution is -2.19. The van der Waals surface area contributed by atoms with Gasteiger partial charge in [0.05, 0.1) is 34.6 Å². The van der Waals surface area contributed by atoms with Crippen LogP contribution >= 0.6 is 0 Å². The van der Waals surface area contributed by atoms with Crippen LogP contribution in [-0.4, -0.2) is 41.2 Å². The van der Waals surface area contributed by atoms with Crippen molar-refractivity contribution in [1.29, 1.82) is 0 Å². The van der Waals surface area contributed by atoms with Crippen LogP contribution in [0.15, 0.2) is 78.0 Å². The van der Waals surface area contributed by atoms with Gasteiger partial charge in [0, 0.05) is 39.4 Å². The van der Waals surface area contributed by atoms with Gasteiger partial charge in [-0.3, -0.25) is 18.5 Å². The van der Waals surface area contributed by atoms with E-state index in [0.717, 1.165) is 50.4 Å². The summed E-state index contributed by atoms with van der Waals surface area (Å²) in [7, 11) is 7.12. The molecule has 0 radical (unpaired) electrons. The highest BCUT2D eigenvalue weighted by molar-refractivity contribution is 5.95. The Bertz CT molecular complexity index is 1880. The van der Waals surface area contributed by atoms with Gasteiger partial charge in [0.1, 0.15) is 5.69 Å². The lowest BCUT2D eigenvalue weighted by Gasteiger charge is -2.11. The van der Waals surface area contributed by atoms with Gasteiger partial charge in [-0.1, -0.05) is 18.2 Å². The normalized spacial score (nSPS) is 11.5. The van der Waals surface area contributed by atoms with E-state index in [1.807, 2.05) is 54.1 Å². The molecule has 3 aromatic carbocycles. The standard InChI is InChI=1S/C28H25N7O2/c1-29-27(36)18-7-5-17(6-8-18)19-9-11-22-21(13-19)31-26(25-15-30-16-32(25)2)35(22)20-10-12-23-24(14-20)34(4)28(37)33(23)3/h5-16H,1-4H3,(H,29,36). The summed E-state index contributed by atoms with van der Waals surface area (Å²) in [6, 6.07) is 19.7. The molecule has 1 amide bonds. The van der Waals surface area contributed by atoms with Gasteiger partial charge in [0.2, 0.25) is 0 Å². The first kappa shape index (κ1) is 22.5. The second-order valence-corrected chi connectivity index (χ2v) is 9.09. The number of aryl methyl sites for hydroxylation is 3. The molecule has 6 aromatic rings. The average Bonchev–Trinajstić information content (AvgIpc) is 3.58. The van der Waals surface area contributed by atoms with Crippen molar-refractivity contribution in [2.75, 3.05) is 7.05 Å². The van der Waals surface area contributed by atoms with Crippen molar-refractivity contribution in [3.05, 3.63) is 89.2 Å². The number of rotatable bonds is 4. The highest BCUT2D eigenvalue weighted by Crippen LogP contribution is 2.32. The molecule has 0 saturated heterocycles. The molecule has 0 aliphatic heterocycles. The molecular formula is C28H25N7O2. The minimum absolute atomic E-state index is 0.0680. The van der Waals surface area contributed by atoms with E-state index in [1.54, 1.807) is 42.8 Å². The van der Waals surface area contributed by atoms with Crippen LogP contribution in [0.3, 0.4) is 0 Å². The minimum atomic E-state index is -0.116. The van der Waals surface area contributed by atoms with Gasteiger partial charge in [-0.25, -0.2) is 14.8 Å². The molecule has 0 aliphatic rings. The third kappa shape index (κ3) is 3.47. The Morgan fingerprint density at radius 3 is 2.24 bits per heavy atom. The molecule has 0 bridgehead atoms. The largest absolute Gasteiger partial charge is 0.355 e. The van der Waals surface area contributed by atoms with Gasteiger partial charge in [0.15, 0.2) is 5.82 Å². The smallest absolute Gasteiger partial charge is 0.328 e. The predicted molar refractivity (Wildman–Crippen MR) is 144 cm³/mol. The van der Waals surface area contributed by atoms with E-state index < -0.39 is 0 Å². The van der Waals surface area contributed by atoms with Crippen molar-refractivity contribution in [2.24, 2.45) is 21.1 Å². The molecule has 9 heteroatoms. The Labute approximate surface area is 212 Å². The third-order valence-electron chi connectivity index (χ3n) is 6.92. The fraction of sp³-hybridized carbons (Fsp3) is 0.143. The first-order valence-corrected chi connectivity index (χ1v) is 11.8. The number of nitrogens with one attached hydrogen (secondary N) is 1. The van der Waals surface area contributed by atoms with E-state index in [4.69, 9.17) is 4.98 Å². The number of imidazole rings is 3. The molecule has 3 heterocycles. The number of carbonyl (C=O) groups is 1. The van der Waals surface area contributed by atoms with Gasteiger partial charge < -0.3 is 9.88 Å². The van der Waals surface area contributed by atoms with Crippen LogP contribution in [0.1, 0.15) is 10.4 Å². The van der Waals surface area contributed by atoms with E-state index in [1.165, 1.54) is 0 Å². The van der Waals surface area contributed by atoms with Gasteiger partial charge in [-0.15, -0.1) is 0 Å². The molecule has 0 unspecified atom stereocenters. The highest BCUT2D eigenvalue weighted by Gasteiger charge is 2.19. The summed E-state index contributed by atoms with van der Waals surface area (Å²) in [5.41, 5.74) is 7.77. The van der Waals surface area contributed by atoms with Gasteiger partial charge in [0.25, 0.3) is 5.91 Å². The lowest BCUT2D eigenvalue weighted by atomic mass is 10.0. The molecule has 37 heavy (non-hydrogen) atoms. The third-order valence-corrected chi connectivity index (χ3v) is 6.92. The summed E-state index contributed by atoms with van der Waals surface area (Å²) in [5.74, 6) is 0.636. The average molecular weight is 492 g/mol. The maximum absolute atomic E-state index is 12.5. The lowest BCUT2D eigenvalue weighted by molar-refractivity contribution is 0.0963.